The highest BCUT2D eigenvalue weighted by Gasteiger charge is 2.15. The van der Waals surface area contributed by atoms with Gasteiger partial charge in [0.2, 0.25) is 5.95 Å². The van der Waals surface area contributed by atoms with Gasteiger partial charge in [0.25, 0.3) is 5.91 Å². The Labute approximate surface area is 189 Å². The number of nitrogens with zero attached hydrogens (tertiary/aromatic N) is 5. The lowest BCUT2D eigenvalue weighted by Gasteiger charge is -2.11. The molecule has 3 heterocycles. The molecule has 0 aliphatic rings. The summed E-state index contributed by atoms with van der Waals surface area (Å²) < 4.78 is 21.4. The Hall–Kier alpha value is -4.34. The van der Waals surface area contributed by atoms with Crippen molar-refractivity contribution >= 4 is 17.5 Å². The number of halogens is 1. The number of rotatable bonds is 8. The number of aromatic nitrogens is 5. The summed E-state index contributed by atoms with van der Waals surface area (Å²) in [4.78, 5) is 24.7. The molecule has 10 heteroatoms. The fourth-order valence-corrected chi connectivity index (χ4v) is 3.24. The number of amides is 1. The van der Waals surface area contributed by atoms with Crippen LogP contribution in [-0.2, 0) is 12.8 Å². The standard InChI is InChI=1S/C23H22FN7O2/c1-25-22(32)17-8-16(21(24)20(9-17)33-2)6-5-15-10-27-23(28-11-15)30-18-12-29-31(14-18)19-4-3-7-26-13-19/h3-4,7-14H,5-6H2,1-2H3,(H,25,32)(H,27,28,30). The molecule has 1 amide bonds. The van der Waals surface area contributed by atoms with Gasteiger partial charge in [-0.1, -0.05) is 0 Å². The van der Waals surface area contributed by atoms with E-state index in [0.717, 1.165) is 16.9 Å². The molecule has 0 unspecified atom stereocenters. The maximum atomic E-state index is 14.6. The first-order valence-electron chi connectivity index (χ1n) is 10.2. The van der Waals surface area contributed by atoms with E-state index in [1.165, 1.54) is 26.3 Å². The Bertz CT molecular complexity index is 1240. The molecule has 1 aromatic carbocycles. The number of benzene rings is 1. The molecule has 4 aromatic rings. The van der Waals surface area contributed by atoms with Gasteiger partial charge in [-0.15, -0.1) is 0 Å². The molecule has 0 saturated heterocycles. The van der Waals surface area contributed by atoms with E-state index in [1.807, 2.05) is 18.3 Å². The van der Waals surface area contributed by atoms with Gasteiger partial charge in [0.1, 0.15) is 0 Å². The predicted octanol–water partition coefficient (Wildman–Crippen LogP) is 3.09. The summed E-state index contributed by atoms with van der Waals surface area (Å²) in [5.74, 6) is -0.331. The second-order valence-corrected chi connectivity index (χ2v) is 7.16. The van der Waals surface area contributed by atoms with E-state index in [0.29, 0.717) is 29.9 Å². The van der Waals surface area contributed by atoms with Gasteiger partial charge in [-0.05, 0) is 48.2 Å². The molecule has 9 nitrogen and oxygen atoms in total. The maximum absolute atomic E-state index is 14.6. The monoisotopic (exact) mass is 447 g/mol. The first-order chi connectivity index (χ1) is 16.1. The average Bonchev–Trinajstić information content (AvgIpc) is 3.33. The van der Waals surface area contributed by atoms with E-state index in [-0.39, 0.29) is 11.7 Å². The molecular formula is C23H22FN7O2. The molecule has 0 spiro atoms. The zero-order valence-corrected chi connectivity index (χ0v) is 18.1. The number of nitrogens with one attached hydrogen (secondary N) is 2. The number of carbonyl (C=O) groups is 1. The molecule has 168 valence electrons. The summed E-state index contributed by atoms with van der Waals surface area (Å²) in [5, 5.41) is 9.93. The lowest BCUT2D eigenvalue weighted by atomic mass is 10.0. The number of aryl methyl sites for hydroxylation is 2. The van der Waals surface area contributed by atoms with Gasteiger partial charge in [0.15, 0.2) is 11.6 Å². The lowest BCUT2D eigenvalue weighted by molar-refractivity contribution is 0.0962. The summed E-state index contributed by atoms with van der Waals surface area (Å²) in [7, 11) is 2.89. The molecule has 0 fully saturated rings. The van der Waals surface area contributed by atoms with Gasteiger partial charge in [-0.2, -0.15) is 5.10 Å². The number of hydrogen-bond donors (Lipinski definition) is 2. The van der Waals surface area contributed by atoms with Crippen molar-refractivity contribution < 1.29 is 13.9 Å². The highest BCUT2D eigenvalue weighted by molar-refractivity contribution is 5.94. The van der Waals surface area contributed by atoms with E-state index in [4.69, 9.17) is 4.74 Å². The summed E-state index contributed by atoms with van der Waals surface area (Å²) in [6.07, 6.45) is 11.1. The van der Waals surface area contributed by atoms with E-state index < -0.39 is 5.82 Å². The summed E-state index contributed by atoms with van der Waals surface area (Å²) in [6.45, 7) is 0. The molecule has 3 aromatic heterocycles. The second kappa shape index (κ2) is 9.86. The van der Waals surface area contributed by atoms with Crippen LogP contribution in [0.4, 0.5) is 16.0 Å². The van der Waals surface area contributed by atoms with Gasteiger partial charge in [0, 0.05) is 31.2 Å². The molecule has 33 heavy (non-hydrogen) atoms. The number of pyridine rings is 1. The Kier molecular flexibility index (Phi) is 6.53. The van der Waals surface area contributed by atoms with Gasteiger partial charge in [-0.3, -0.25) is 9.78 Å². The van der Waals surface area contributed by atoms with E-state index in [1.54, 1.807) is 35.7 Å². The van der Waals surface area contributed by atoms with Crippen molar-refractivity contribution in [3.8, 4) is 11.4 Å². The zero-order chi connectivity index (χ0) is 23.2. The highest BCUT2D eigenvalue weighted by Crippen LogP contribution is 2.24. The van der Waals surface area contributed by atoms with Crippen LogP contribution in [0.1, 0.15) is 21.5 Å². The van der Waals surface area contributed by atoms with Gasteiger partial charge < -0.3 is 15.4 Å². The lowest BCUT2D eigenvalue weighted by Crippen LogP contribution is -2.18. The average molecular weight is 447 g/mol. The quantitative estimate of drug-likeness (QED) is 0.427. The molecule has 0 radical (unpaired) electrons. The van der Waals surface area contributed by atoms with Crippen molar-refractivity contribution in [3.05, 3.63) is 84.0 Å². The largest absolute Gasteiger partial charge is 0.494 e. The van der Waals surface area contributed by atoms with Crippen molar-refractivity contribution in [2.45, 2.75) is 12.8 Å². The van der Waals surface area contributed by atoms with Crippen molar-refractivity contribution in [3.63, 3.8) is 0 Å². The number of carbonyl (C=O) groups excluding carboxylic acids is 1. The molecule has 0 atom stereocenters. The predicted molar refractivity (Wildman–Crippen MR) is 120 cm³/mol. The molecular weight excluding hydrogens is 425 g/mol. The SMILES string of the molecule is CNC(=O)c1cc(CCc2cnc(Nc3cnn(-c4cccnc4)c3)nc2)c(F)c(OC)c1. The van der Waals surface area contributed by atoms with Crippen molar-refractivity contribution in [1.29, 1.82) is 0 Å². The Morgan fingerprint density at radius 1 is 1.15 bits per heavy atom. The molecule has 0 aliphatic carbocycles. The third-order valence-corrected chi connectivity index (χ3v) is 4.96. The van der Waals surface area contributed by atoms with Gasteiger partial charge in [0.05, 0.1) is 37.1 Å². The van der Waals surface area contributed by atoms with Gasteiger partial charge >= 0.3 is 0 Å². The topological polar surface area (TPSA) is 107 Å². The van der Waals surface area contributed by atoms with Crippen LogP contribution in [0.15, 0.2) is 61.4 Å². The van der Waals surface area contributed by atoms with Crippen LogP contribution in [0.2, 0.25) is 0 Å². The molecule has 0 aliphatic heterocycles. The fraction of sp³-hybridized carbons (Fsp3) is 0.174. The third-order valence-electron chi connectivity index (χ3n) is 4.96. The highest BCUT2D eigenvalue weighted by atomic mass is 19.1. The van der Waals surface area contributed by atoms with Crippen molar-refractivity contribution in [2.24, 2.45) is 0 Å². The summed E-state index contributed by atoms with van der Waals surface area (Å²) in [5.41, 5.74) is 3.12. The second-order valence-electron chi connectivity index (χ2n) is 7.16. The summed E-state index contributed by atoms with van der Waals surface area (Å²) in [6, 6.07) is 6.66. The van der Waals surface area contributed by atoms with Crippen LogP contribution in [0.3, 0.4) is 0 Å². The van der Waals surface area contributed by atoms with E-state index in [9.17, 15) is 9.18 Å². The normalized spacial score (nSPS) is 10.6. The van der Waals surface area contributed by atoms with E-state index in [2.05, 4.69) is 30.7 Å². The van der Waals surface area contributed by atoms with E-state index >= 15 is 0 Å². The number of hydrogen-bond acceptors (Lipinski definition) is 7. The Morgan fingerprint density at radius 2 is 1.97 bits per heavy atom. The Balaban J connectivity index is 1.41. The molecule has 0 bridgehead atoms. The number of methoxy groups -OCH3 is 1. The number of ether oxygens (including phenoxy) is 1. The first-order valence-corrected chi connectivity index (χ1v) is 10.2. The minimum Gasteiger partial charge on any atom is -0.494 e. The van der Waals surface area contributed by atoms with Crippen LogP contribution in [-0.4, -0.2) is 44.8 Å². The summed E-state index contributed by atoms with van der Waals surface area (Å²) >= 11 is 0. The van der Waals surface area contributed by atoms with Crippen molar-refractivity contribution in [1.82, 2.24) is 30.0 Å². The Morgan fingerprint density at radius 3 is 2.67 bits per heavy atom. The van der Waals surface area contributed by atoms with Crippen LogP contribution < -0.4 is 15.4 Å². The maximum Gasteiger partial charge on any atom is 0.251 e. The van der Waals surface area contributed by atoms with Crippen LogP contribution in [0.25, 0.3) is 5.69 Å². The molecule has 0 saturated carbocycles. The minimum atomic E-state index is -0.477. The first kappa shape index (κ1) is 21.9. The molecule has 4 rings (SSSR count). The smallest absolute Gasteiger partial charge is 0.251 e. The zero-order valence-electron chi connectivity index (χ0n) is 18.1. The van der Waals surface area contributed by atoms with Gasteiger partial charge in [-0.25, -0.2) is 19.0 Å². The van der Waals surface area contributed by atoms with Crippen LogP contribution in [0, 0.1) is 5.82 Å². The third kappa shape index (κ3) is 5.12. The molecule has 2 N–H and O–H groups in total. The number of anilines is 2. The van der Waals surface area contributed by atoms with Crippen LogP contribution in [0.5, 0.6) is 5.75 Å². The minimum absolute atomic E-state index is 0.0359. The fourth-order valence-electron chi connectivity index (χ4n) is 3.24. The van der Waals surface area contributed by atoms with Crippen LogP contribution >= 0.6 is 0 Å². The van der Waals surface area contributed by atoms with Crippen molar-refractivity contribution in [2.75, 3.05) is 19.5 Å².